The van der Waals surface area contributed by atoms with Gasteiger partial charge in [-0.05, 0) is 56.6 Å². The van der Waals surface area contributed by atoms with Gasteiger partial charge in [0.1, 0.15) is 6.04 Å². The molecule has 1 aromatic carbocycles. The van der Waals surface area contributed by atoms with E-state index in [1.165, 1.54) is 12.8 Å². The number of aromatic nitrogens is 2. The van der Waals surface area contributed by atoms with E-state index in [0.717, 1.165) is 37.3 Å². The Morgan fingerprint density at radius 3 is 2.43 bits per heavy atom. The summed E-state index contributed by atoms with van der Waals surface area (Å²) >= 11 is 0. The van der Waals surface area contributed by atoms with Crippen LogP contribution in [0.2, 0.25) is 0 Å². The molecule has 0 bridgehead atoms. The minimum absolute atomic E-state index is 0.0114. The first kappa shape index (κ1) is 18.7. The zero-order valence-corrected chi connectivity index (χ0v) is 16.6. The number of hydrogen-bond acceptors (Lipinski definition) is 3. The molecule has 4 rings (SSSR count). The molecule has 28 heavy (non-hydrogen) atoms. The fraction of sp³-hybridized carbons (Fsp3) is 0.500. The Balaban J connectivity index is 1.43. The fourth-order valence-electron chi connectivity index (χ4n) is 4.18. The van der Waals surface area contributed by atoms with Crippen molar-refractivity contribution >= 4 is 11.8 Å². The zero-order chi connectivity index (χ0) is 19.7. The molecule has 6 nitrogen and oxygen atoms in total. The van der Waals surface area contributed by atoms with Crippen LogP contribution in [0.5, 0.6) is 0 Å². The summed E-state index contributed by atoms with van der Waals surface area (Å²) in [6, 6.07) is 9.23. The van der Waals surface area contributed by atoms with Crippen LogP contribution >= 0.6 is 0 Å². The Kier molecular flexibility index (Phi) is 4.96. The lowest BCUT2D eigenvalue weighted by atomic mass is 9.93. The van der Waals surface area contributed by atoms with E-state index in [0.29, 0.717) is 17.4 Å². The molecule has 2 aliphatic rings. The highest BCUT2D eigenvalue weighted by Crippen LogP contribution is 2.53. The summed E-state index contributed by atoms with van der Waals surface area (Å²) in [5.74, 6) is -0.229. The molecule has 6 heteroatoms. The summed E-state index contributed by atoms with van der Waals surface area (Å²) < 4.78 is 1.79. The van der Waals surface area contributed by atoms with Gasteiger partial charge in [-0.2, -0.15) is 5.10 Å². The number of piperidine rings is 1. The van der Waals surface area contributed by atoms with Gasteiger partial charge < -0.3 is 10.2 Å². The molecule has 2 fully saturated rings. The van der Waals surface area contributed by atoms with Gasteiger partial charge in [-0.3, -0.25) is 9.59 Å². The molecule has 2 amide bonds. The summed E-state index contributed by atoms with van der Waals surface area (Å²) in [4.78, 5) is 27.5. The van der Waals surface area contributed by atoms with Crippen LogP contribution in [-0.2, 0) is 11.2 Å². The highest BCUT2D eigenvalue weighted by atomic mass is 16.2. The van der Waals surface area contributed by atoms with Crippen molar-refractivity contribution in [2.24, 2.45) is 5.41 Å². The molecule has 148 valence electrons. The summed E-state index contributed by atoms with van der Waals surface area (Å²) in [7, 11) is 0. The van der Waals surface area contributed by atoms with Crippen molar-refractivity contribution in [2.45, 2.75) is 52.0 Å². The Hall–Kier alpha value is -2.63. The van der Waals surface area contributed by atoms with E-state index in [4.69, 9.17) is 0 Å². The largest absolute Gasteiger partial charge is 0.341 e. The molecular formula is C22H28N4O2. The van der Waals surface area contributed by atoms with E-state index >= 15 is 0 Å². The van der Waals surface area contributed by atoms with Gasteiger partial charge in [0.05, 0.1) is 23.1 Å². The van der Waals surface area contributed by atoms with E-state index in [2.05, 4.69) is 10.4 Å². The van der Waals surface area contributed by atoms with Gasteiger partial charge in [-0.25, -0.2) is 4.68 Å². The molecule has 1 atom stereocenters. The van der Waals surface area contributed by atoms with Crippen LogP contribution in [-0.4, -0.2) is 45.6 Å². The van der Waals surface area contributed by atoms with Crippen molar-refractivity contribution in [3.63, 3.8) is 0 Å². The van der Waals surface area contributed by atoms with E-state index < -0.39 is 6.04 Å². The first-order chi connectivity index (χ1) is 13.5. The van der Waals surface area contributed by atoms with Crippen LogP contribution in [0.15, 0.2) is 36.5 Å². The average molecular weight is 380 g/mol. The predicted molar refractivity (Wildman–Crippen MR) is 107 cm³/mol. The minimum atomic E-state index is -0.537. The van der Waals surface area contributed by atoms with Crippen LogP contribution in [0.4, 0.5) is 0 Å². The lowest BCUT2D eigenvalue weighted by Crippen LogP contribution is -2.49. The van der Waals surface area contributed by atoms with Gasteiger partial charge >= 0.3 is 0 Å². The lowest BCUT2D eigenvalue weighted by molar-refractivity contribution is -0.134. The first-order valence-corrected chi connectivity index (χ1v) is 10.2. The van der Waals surface area contributed by atoms with Crippen LogP contribution in [0.25, 0.3) is 5.69 Å². The summed E-state index contributed by atoms with van der Waals surface area (Å²) in [5, 5.41) is 7.29. The number of para-hydroxylation sites is 1. The predicted octanol–water partition coefficient (Wildman–Crippen LogP) is 2.96. The maximum absolute atomic E-state index is 12.8. The SMILES string of the molecule is CCc1c(C(=O)N[C@@H](C)C(=O)N2CCC3(CC2)CC3)cnn1-c1ccccc1. The molecule has 2 aromatic rings. The van der Waals surface area contributed by atoms with Gasteiger partial charge in [0.15, 0.2) is 0 Å². The normalized spacial score (nSPS) is 18.7. The lowest BCUT2D eigenvalue weighted by Gasteiger charge is -2.33. The summed E-state index contributed by atoms with van der Waals surface area (Å²) in [5.41, 5.74) is 2.83. The second-order valence-electron chi connectivity index (χ2n) is 8.13. The molecule has 1 aliphatic heterocycles. The second kappa shape index (κ2) is 7.41. The highest BCUT2D eigenvalue weighted by molar-refractivity contribution is 5.98. The second-order valence-corrected chi connectivity index (χ2v) is 8.13. The van der Waals surface area contributed by atoms with Gasteiger partial charge in [-0.15, -0.1) is 0 Å². The highest BCUT2D eigenvalue weighted by Gasteiger charge is 2.45. The standard InChI is InChI=1S/C22H28N4O2/c1-3-19-18(15-23-26(19)17-7-5-4-6-8-17)20(27)24-16(2)21(28)25-13-11-22(9-10-22)12-14-25/h4-8,15-16H,3,9-14H2,1-2H3,(H,24,27)/t16-/m0/s1. The average Bonchev–Trinajstić information content (AvgIpc) is 3.33. The smallest absolute Gasteiger partial charge is 0.255 e. The number of nitrogens with zero attached hydrogens (tertiary/aromatic N) is 3. The van der Waals surface area contributed by atoms with Crippen LogP contribution < -0.4 is 5.32 Å². The molecule has 1 saturated heterocycles. The third-order valence-electron chi connectivity index (χ3n) is 6.26. The Morgan fingerprint density at radius 2 is 1.82 bits per heavy atom. The van der Waals surface area contributed by atoms with Gasteiger partial charge in [0.2, 0.25) is 5.91 Å². The summed E-state index contributed by atoms with van der Waals surface area (Å²) in [6.45, 7) is 5.40. The quantitative estimate of drug-likeness (QED) is 0.867. The number of carbonyl (C=O) groups is 2. The van der Waals surface area contributed by atoms with E-state index in [1.54, 1.807) is 17.8 Å². The van der Waals surface area contributed by atoms with Crippen LogP contribution in [0, 0.1) is 5.41 Å². The number of carbonyl (C=O) groups excluding carboxylic acids is 2. The Labute approximate surface area is 165 Å². The number of benzene rings is 1. The number of rotatable bonds is 5. The van der Waals surface area contributed by atoms with Gasteiger partial charge in [0, 0.05) is 13.1 Å². The van der Waals surface area contributed by atoms with Gasteiger partial charge in [0.25, 0.3) is 5.91 Å². The zero-order valence-electron chi connectivity index (χ0n) is 16.6. The van der Waals surface area contributed by atoms with Crippen molar-refractivity contribution in [1.82, 2.24) is 20.0 Å². The molecular weight excluding hydrogens is 352 g/mol. The Morgan fingerprint density at radius 1 is 1.14 bits per heavy atom. The molecule has 1 aliphatic carbocycles. The molecule has 1 spiro atoms. The minimum Gasteiger partial charge on any atom is -0.341 e. The fourth-order valence-corrected chi connectivity index (χ4v) is 4.18. The monoisotopic (exact) mass is 380 g/mol. The van der Waals surface area contributed by atoms with Crippen molar-refractivity contribution in [3.8, 4) is 5.69 Å². The van der Waals surface area contributed by atoms with Crippen LogP contribution in [0.3, 0.4) is 0 Å². The number of hydrogen-bond donors (Lipinski definition) is 1. The maximum atomic E-state index is 12.8. The molecule has 1 aromatic heterocycles. The number of amides is 2. The molecule has 1 saturated carbocycles. The Bertz CT molecular complexity index is 860. The van der Waals surface area contributed by atoms with E-state index in [-0.39, 0.29) is 11.8 Å². The molecule has 0 unspecified atom stereocenters. The molecule has 0 radical (unpaired) electrons. The molecule has 2 heterocycles. The maximum Gasteiger partial charge on any atom is 0.255 e. The van der Waals surface area contributed by atoms with Crippen molar-refractivity contribution in [3.05, 3.63) is 47.8 Å². The van der Waals surface area contributed by atoms with Gasteiger partial charge in [-0.1, -0.05) is 25.1 Å². The van der Waals surface area contributed by atoms with E-state index in [9.17, 15) is 9.59 Å². The number of nitrogens with one attached hydrogen (secondary N) is 1. The summed E-state index contributed by atoms with van der Waals surface area (Å²) in [6.07, 6.45) is 7.09. The third-order valence-corrected chi connectivity index (χ3v) is 6.26. The molecule has 1 N–H and O–H groups in total. The van der Waals surface area contributed by atoms with Crippen molar-refractivity contribution < 1.29 is 9.59 Å². The number of likely N-dealkylation sites (tertiary alicyclic amines) is 1. The van der Waals surface area contributed by atoms with Crippen molar-refractivity contribution in [1.29, 1.82) is 0 Å². The first-order valence-electron chi connectivity index (χ1n) is 10.2. The van der Waals surface area contributed by atoms with E-state index in [1.807, 2.05) is 42.2 Å². The van der Waals surface area contributed by atoms with Crippen LogP contribution in [0.1, 0.15) is 55.6 Å². The topological polar surface area (TPSA) is 67.2 Å². The van der Waals surface area contributed by atoms with Crippen molar-refractivity contribution in [2.75, 3.05) is 13.1 Å². The third kappa shape index (κ3) is 3.55.